The van der Waals surface area contributed by atoms with E-state index in [9.17, 15) is 0 Å². The minimum atomic E-state index is 0.659. The van der Waals surface area contributed by atoms with Gasteiger partial charge in [0.05, 0.1) is 6.04 Å². The summed E-state index contributed by atoms with van der Waals surface area (Å²) < 4.78 is 3.37. The lowest BCUT2D eigenvalue weighted by molar-refractivity contribution is 0.319. The van der Waals surface area contributed by atoms with E-state index >= 15 is 0 Å². The first-order chi connectivity index (χ1) is 7.86. The maximum Gasteiger partial charge on any atom is 0.132 e. The second kappa shape index (κ2) is 4.49. The molecule has 16 heavy (non-hydrogen) atoms. The summed E-state index contributed by atoms with van der Waals surface area (Å²) in [4.78, 5) is 0. The van der Waals surface area contributed by atoms with E-state index in [-0.39, 0.29) is 0 Å². The zero-order chi connectivity index (χ0) is 11.0. The molecule has 0 atom stereocenters. The van der Waals surface area contributed by atoms with E-state index in [1.165, 1.54) is 43.4 Å². The standard InChI is InChI=1S/C12H18BrN3/c13-12-10-8-14-7-6-11(10)16(15-12)9-4-2-1-3-5-9/h9,14H,1-8H2. The molecule has 1 aliphatic carbocycles. The molecule has 1 aliphatic heterocycles. The van der Waals surface area contributed by atoms with Gasteiger partial charge in [-0.05, 0) is 28.8 Å². The van der Waals surface area contributed by atoms with Gasteiger partial charge in [0.15, 0.2) is 0 Å². The lowest BCUT2D eigenvalue weighted by Crippen LogP contribution is -2.26. The molecule has 0 spiro atoms. The molecule has 88 valence electrons. The summed E-state index contributed by atoms with van der Waals surface area (Å²) in [7, 11) is 0. The van der Waals surface area contributed by atoms with Gasteiger partial charge < -0.3 is 5.32 Å². The molecule has 0 radical (unpaired) electrons. The van der Waals surface area contributed by atoms with Gasteiger partial charge in [0.1, 0.15) is 4.60 Å². The van der Waals surface area contributed by atoms with Crippen LogP contribution in [0.15, 0.2) is 4.60 Å². The zero-order valence-electron chi connectivity index (χ0n) is 9.51. The molecule has 3 nitrogen and oxygen atoms in total. The van der Waals surface area contributed by atoms with Crippen molar-refractivity contribution in [3.63, 3.8) is 0 Å². The molecule has 0 saturated heterocycles. The highest BCUT2D eigenvalue weighted by atomic mass is 79.9. The largest absolute Gasteiger partial charge is 0.312 e. The summed E-state index contributed by atoms with van der Waals surface area (Å²) in [5, 5.41) is 8.12. The second-order valence-electron chi connectivity index (χ2n) is 4.88. The van der Waals surface area contributed by atoms with Crippen LogP contribution >= 0.6 is 15.9 Å². The van der Waals surface area contributed by atoms with Crippen LogP contribution in [0.25, 0.3) is 0 Å². The van der Waals surface area contributed by atoms with Crippen molar-refractivity contribution in [2.24, 2.45) is 0 Å². The van der Waals surface area contributed by atoms with Crippen LogP contribution in [-0.2, 0) is 13.0 Å². The van der Waals surface area contributed by atoms with Crippen LogP contribution in [0.2, 0.25) is 0 Å². The molecule has 1 aromatic rings. The van der Waals surface area contributed by atoms with Gasteiger partial charge in [-0.15, -0.1) is 0 Å². The molecule has 0 bridgehead atoms. The molecule has 1 N–H and O–H groups in total. The number of rotatable bonds is 1. The van der Waals surface area contributed by atoms with E-state index in [0.29, 0.717) is 6.04 Å². The van der Waals surface area contributed by atoms with Gasteiger partial charge >= 0.3 is 0 Å². The monoisotopic (exact) mass is 283 g/mol. The molecule has 4 heteroatoms. The summed E-state index contributed by atoms with van der Waals surface area (Å²) in [5.41, 5.74) is 2.86. The number of nitrogens with one attached hydrogen (secondary N) is 1. The summed E-state index contributed by atoms with van der Waals surface area (Å²) in [5.74, 6) is 0. The van der Waals surface area contributed by atoms with Gasteiger partial charge in [-0.3, -0.25) is 4.68 Å². The molecule has 1 saturated carbocycles. The van der Waals surface area contributed by atoms with Crippen molar-refractivity contribution in [1.29, 1.82) is 0 Å². The summed E-state index contributed by atoms with van der Waals surface area (Å²) in [6.45, 7) is 2.07. The number of halogens is 1. The Balaban J connectivity index is 1.93. The first kappa shape index (κ1) is 10.8. The van der Waals surface area contributed by atoms with Crippen molar-refractivity contribution in [3.05, 3.63) is 15.9 Å². The lowest BCUT2D eigenvalue weighted by Gasteiger charge is -2.25. The van der Waals surface area contributed by atoms with E-state index in [4.69, 9.17) is 5.10 Å². The van der Waals surface area contributed by atoms with Crippen LogP contribution in [0.4, 0.5) is 0 Å². The van der Waals surface area contributed by atoms with Crippen LogP contribution in [0.3, 0.4) is 0 Å². The third-order valence-corrected chi connectivity index (χ3v) is 4.47. The van der Waals surface area contributed by atoms with E-state index in [0.717, 1.165) is 24.1 Å². The summed E-state index contributed by atoms with van der Waals surface area (Å²) in [6.07, 6.45) is 7.90. The Labute approximate surface area is 105 Å². The quantitative estimate of drug-likeness (QED) is 0.859. The first-order valence-corrected chi connectivity index (χ1v) is 7.12. The van der Waals surface area contributed by atoms with Crippen LogP contribution in [0.1, 0.15) is 49.4 Å². The maximum atomic E-state index is 4.71. The predicted octanol–water partition coefficient (Wildman–Crippen LogP) is 2.80. The van der Waals surface area contributed by atoms with Crippen molar-refractivity contribution in [2.45, 2.75) is 51.1 Å². The Bertz CT molecular complexity index is 380. The average Bonchev–Trinajstić information content (AvgIpc) is 2.69. The Hall–Kier alpha value is -0.350. The predicted molar refractivity (Wildman–Crippen MR) is 67.5 cm³/mol. The fourth-order valence-electron chi connectivity index (χ4n) is 2.96. The van der Waals surface area contributed by atoms with Crippen LogP contribution in [-0.4, -0.2) is 16.3 Å². The highest BCUT2D eigenvalue weighted by molar-refractivity contribution is 9.10. The van der Waals surface area contributed by atoms with Crippen LogP contribution in [0.5, 0.6) is 0 Å². The SMILES string of the molecule is Brc1nn(C2CCCCC2)c2c1CNCC2. The van der Waals surface area contributed by atoms with Gasteiger partial charge in [0.25, 0.3) is 0 Å². The molecule has 1 fully saturated rings. The summed E-state index contributed by atoms with van der Waals surface area (Å²) >= 11 is 3.60. The van der Waals surface area contributed by atoms with E-state index < -0.39 is 0 Å². The second-order valence-corrected chi connectivity index (χ2v) is 5.63. The molecule has 2 aliphatic rings. The van der Waals surface area contributed by atoms with Crippen molar-refractivity contribution in [1.82, 2.24) is 15.1 Å². The Morgan fingerprint density at radius 3 is 2.88 bits per heavy atom. The average molecular weight is 284 g/mol. The highest BCUT2D eigenvalue weighted by Crippen LogP contribution is 2.32. The number of fused-ring (bicyclic) bond motifs is 1. The minimum absolute atomic E-state index is 0.659. The van der Waals surface area contributed by atoms with Gasteiger partial charge in [0.2, 0.25) is 0 Å². The highest BCUT2D eigenvalue weighted by Gasteiger charge is 2.24. The van der Waals surface area contributed by atoms with E-state index in [1.54, 1.807) is 0 Å². The first-order valence-electron chi connectivity index (χ1n) is 6.33. The van der Waals surface area contributed by atoms with Crippen LogP contribution in [0, 0.1) is 0 Å². The number of aromatic nitrogens is 2. The van der Waals surface area contributed by atoms with Gasteiger partial charge in [-0.2, -0.15) is 5.10 Å². The molecule has 0 aromatic carbocycles. The zero-order valence-corrected chi connectivity index (χ0v) is 11.1. The fraction of sp³-hybridized carbons (Fsp3) is 0.750. The smallest absolute Gasteiger partial charge is 0.132 e. The molecule has 1 aromatic heterocycles. The Morgan fingerprint density at radius 2 is 2.06 bits per heavy atom. The Kier molecular flexibility index (Phi) is 3.03. The number of hydrogen-bond acceptors (Lipinski definition) is 2. The van der Waals surface area contributed by atoms with Crippen LogP contribution < -0.4 is 5.32 Å². The molecule has 3 rings (SSSR count). The van der Waals surface area contributed by atoms with Gasteiger partial charge in [-0.25, -0.2) is 0 Å². The van der Waals surface area contributed by atoms with E-state index in [1.807, 2.05) is 0 Å². The summed E-state index contributed by atoms with van der Waals surface area (Å²) in [6, 6.07) is 0.659. The number of nitrogens with zero attached hydrogens (tertiary/aromatic N) is 2. The number of hydrogen-bond donors (Lipinski definition) is 1. The molecule has 0 unspecified atom stereocenters. The minimum Gasteiger partial charge on any atom is -0.312 e. The van der Waals surface area contributed by atoms with E-state index in [2.05, 4.69) is 25.9 Å². The van der Waals surface area contributed by atoms with Crippen molar-refractivity contribution < 1.29 is 0 Å². The maximum absolute atomic E-state index is 4.71. The third-order valence-electron chi connectivity index (χ3n) is 3.83. The van der Waals surface area contributed by atoms with Crippen molar-refractivity contribution in [3.8, 4) is 0 Å². The molecule has 2 heterocycles. The molecular formula is C12H18BrN3. The van der Waals surface area contributed by atoms with Crippen molar-refractivity contribution >= 4 is 15.9 Å². The lowest BCUT2D eigenvalue weighted by atomic mass is 9.95. The third kappa shape index (κ3) is 1.82. The fourth-order valence-corrected chi connectivity index (χ4v) is 3.50. The molecule has 0 amide bonds. The molecular weight excluding hydrogens is 266 g/mol. The van der Waals surface area contributed by atoms with Crippen molar-refractivity contribution in [2.75, 3.05) is 6.54 Å². The Morgan fingerprint density at radius 1 is 1.25 bits per heavy atom. The topological polar surface area (TPSA) is 29.9 Å². The van der Waals surface area contributed by atoms with Gasteiger partial charge in [0, 0.05) is 30.8 Å². The normalized spacial score (nSPS) is 22.1. The van der Waals surface area contributed by atoms with Gasteiger partial charge in [-0.1, -0.05) is 19.3 Å².